The Bertz CT molecular complexity index is 299. The molecular weight excluding hydrogens is 186 g/mol. The smallest absolute Gasteiger partial charge is 0.138 e. The molecule has 0 aliphatic heterocycles. The van der Waals surface area contributed by atoms with Crippen LogP contribution in [0.1, 0.15) is 11.1 Å². The van der Waals surface area contributed by atoms with E-state index in [-0.39, 0.29) is 0 Å². The van der Waals surface area contributed by atoms with E-state index >= 15 is 0 Å². The molecule has 1 aromatic rings. The minimum absolute atomic E-state index is 0.697. The van der Waals surface area contributed by atoms with Gasteiger partial charge in [-0.25, -0.2) is 0 Å². The second kappa shape index (κ2) is 4.49. The predicted molar refractivity (Wildman–Crippen MR) is 55.5 cm³/mol. The van der Waals surface area contributed by atoms with Crippen LogP contribution in [0, 0.1) is 6.92 Å². The molecule has 0 radical (unpaired) electrons. The van der Waals surface area contributed by atoms with Crippen LogP contribution in [0.15, 0.2) is 12.1 Å². The van der Waals surface area contributed by atoms with Crippen molar-refractivity contribution in [3.8, 4) is 5.75 Å². The lowest BCUT2D eigenvalue weighted by molar-refractivity contribution is 0.414. The lowest BCUT2D eigenvalue weighted by atomic mass is 10.1. The molecule has 0 aliphatic rings. The van der Waals surface area contributed by atoms with E-state index in [0.717, 1.165) is 17.9 Å². The third-order valence-electron chi connectivity index (χ3n) is 1.88. The summed E-state index contributed by atoms with van der Waals surface area (Å²) in [6.07, 6.45) is 0. The summed E-state index contributed by atoms with van der Waals surface area (Å²) in [7, 11) is 3.54. The molecule has 3 heteroatoms. The van der Waals surface area contributed by atoms with Gasteiger partial charge in [0.15, 0.2) is 0 Å². The van der Waals surface area contributed by atoms with E-state index in [4.69, 9.17) is 16.3 Å². The molecule has 0 bridgehead atoms. The highest BCUT2D eigenvalue weighted by Gasteiger charge is 2.05. The van der Waals surface area contributed by atoms with Crippen LogP contribution in [0.25, 0.3) is 0 Å². The van der Waals surface area contributed by atoms with E-state index in [0.29, 0.717) is 5.02 Å². The first-order valence-electron chi connectivity index (χ1n) is 4.16. The highest BCUT2D eigenvalue weighted by molar-refractivity contribution is 6.32. The summed E-state index contributed by atoms with van der Waals surface area (Å²) in [4.78, 5) is 0. The van der Waals surface area contributed by atoms with E-state index < -0.39 is 0 Å². The van der Waals surface area contributed by atoms with Gasteiger partial charge in [-0.3, -0.25) is 0 Å². The second-order valence-corrected chi connectivity index (χ2v) is 3.34. The predicted octanol–water partition coefficient (Wildman–Crippen LogP) is 2.38. The van der Waals surface area contributed by atoms with Crippen molar-refractivity contribution in [1.29, 1.82) is 0 Å². The summed E-state index contributed by atoms with van der Waals surface area (Å²) in [5, 5.41) is 3.78. The number of hydrogen-bond donors (Lipinski definition) is 1. The maximum Gasteiger partial charge on any atom is 0.138 e. The van der Waals surface area contributed by atoms with Crippen LogP contribution in [-0.4, -0.2) is 14.2 Å². The van der Waals surface area contributed by atoms with Crippen molar-refractivity contribution in [3.05, 3.63) is 28.3 Å². The van der Waals surface area contributed by atoms with Crippen molar-refractivity contribution in [2.24, 2.45) is 0 Å². The molecule has 0 atom stereocenters. The molecule has 1 N–H and O–H groups in total. The molecule has 0 unspecified atom stereocenters. The Morgan fingerprint density at radius 2 is 2.15 bits per heavy atom. The molecule has 0 spiro atoms. The van der Waals surface area contributed by atoms with E-state index in [1.165, 1.54) is 5.56 Å². The number of nitrogens with one attached hydrogen (secondary N) is 1. The molecular formula is C10H14ClNO. The molecule has 72 valence electrons. The van der Waals surface area contributed by atoms with E-state index in [2.05, 4.69) is 11.4 Å². The lowest BCUT2D eigenvalue weighted by Gasteiger charge is -2.09. The van der Waals surface area contributed by atoms with Crippen molar-refractivity contribution < 1.29 is 4.74 Å². The van der Waals surface area contributed by atoms with Gasteiger partial charge in [-0.15, -0.1) is 0 Å². The third kappa shape index (κ3) is 2.36. The molecule has 1 aromatic carbocycles. The molecule has 13 heavy (non-hydrogen) atoms. The summed E-state index contributed by atoms with van der Waals surface area (Å²) in [5.41, 5.74) is 2.23. The van der Waals surface area contributed by atoms with Crippen LogP contribution in [-0.2, 0) is 6.54 Å². The molecule has 1 rings (SSSR count). The van der Waals surface area contributed by atoms with E-state index in [1.807, 2.05) is 20.0 Å². The van der Waals surface area contributed by atoms with Crippen LogP contribution in [0.2, 0.25) is 5.02 Å². The first-order valence-corrected chi connectivity index (χ1v) is 4.54. The van der Waals surface area contributed by atoms with Crippen molar-refractivity contribution in [3.63, 3.8) is 0 Å². The fourth-order valence-corrected chi connectivity index (χ4v) is 1.45. The third-order valence-corrected chi connectivity index (χ3v) is 2.37. The molecule has 0 fully saturated rings. The number of hydrogen-bond acceptors (Lipinski definition) is 2. The Morgan fingerprint density at radius 1 is 1.46 bits per heavy atom. The minimum atomic E-state index is 0.697. The average Bonchev–Trinajstić information content (AvgIpc) is 2.11. The van der Waals surface area contributed by atoms with Gasteiger partial charge in [0.2, 0.25) is 0 Å². The second-order valence-electron chi connectivity index (χ2n) is 2.96. The van der Waals surface area contributed by atoms with Gasteiger partial charge in [-0.05, 0) is 31.2 Å². The Hall–Kier alpha value is -0.730. The lowest BCUT2D eigenvalue weighted by Crippen LogP contribution is -2.05. The quantitative estimate of drug-likeness (QED) is 0.807. The van der Waals surface area contributed by atoms with Gasteiger partial charge < -0.3 is 10.1 Å². The molecule has 0 saturated heterocycles. The Kier molecular flexibility index (Phi) is 3.58. The van der Waals surface area contributed by atoms with Crippen molar-refractivity contribution in [2.45, 2.75) is 13.5 Å². The number of methoxy groups -OCH3 is 1. The number of ether oxygens (including phenoxy) is 1. The molecule has 0 amide bonds. The van der Waals surface area contributed by atoms with Gasteiger partial charge in [-0.1, -0.05) is 17.7 Å². The van der Waals surface area contributed by atoms with Crippen LogP contribution in [0.4, 0.5) is 0 Å². The topological polar surface area (TPSA) is 21.3 Å². The van der Waals surface area contributed by atoms with Gasteiger partial charge >= 0.3 is 0 Å². The summed E-state index contributed by atoms with van der Waals surface area (Å²) in [6.45, 7) is 2.80. The fourth-order valence-electron chi connectivity index (χ4n) is 1.26. The average molecular weight is 200 g/mol. The number of halogens is 1. The minimum Gasteiger partial charge on any atom is -0.495 e. The van der Waals surface area contributed by atoms with E-state index in [9.17, 15) is 0 Å². The maximum atomic E-state index is 6.02. The number of aryl methyl sites for hydroxylation is 1. The highest BCUT2D eigenvalue weighted by atomic mass is 35.5. The fraction of sp³-hybridized carbons (Fsp3) is 0.400. The standard InChI is InChI=1S/C10H14ClNO/c1-7-4-8(6-12-2)5-9(13-3)10(7)11/h4-5,12H,6H2,1-3H3. The van der Waals surface area contributed by atoms with Gasteiger partial charge in [0.05, 0.1) is 12.1 Å². The zero-order valence-corrected chi connectivity index (χ0v) is 8.90. The first-order chi connectivity index (χ1) is 6.19. The van der Waals surface area contributed by atoms with Gasteiger partial charge in [0.25, 0.3) is 0 Å². The normalized spacial score (nSPS) is 10.2. The Morgan fingerprint density at radius 3 is 2.69 bits per heavy atom. The SMILES string of the molecule is CNCc1cc(C)c(Cl)c(OC)c1. The van der Waals surface area contributed by atoms with Crippen molar-refractivity contribution in [2.75, 3.05) is 14.2 Å². The molecule has 0 aromatic heterocycles. The summed E-state index contributed by atoms with van der Waals surface area (Å²) in [5.74, 6) is 0.743. The summed E-state index contributed by atoms with van der Waals surface area (Å²) < 4.78 is 5.15. The van der Waals surface area contributed by atoms with Crippen LogP contribution < -0.4 is 10.1 Å². The highest BCUT2D eigenvalue weighted by Crippen LogP contribution is 2.29. The van der Waals surface area contributed by atoms with E-state index in [1.54, 1.807) is 7.11 Å². The number of benzene rings is 1. The van der Waals surface area contributed by atoms with Crippen LogP contribution in [0.3, 0.4) is 0 Å². The maximum absolute atomic E-state index is 6.02. The molecule has 0 heterocycles. The monoisotopic (exact) mass is 199 g/mol. The molecule has 2 nitrogen and oxygen atoms in total. The molecule has 0 aliphatic carbocycles. The summed E-state index contributed by atoms with van der Waals surface area (Å²) in [6, 6.07) is 4.01. The summed E-state index contributed by atoms with van der Waals surface area (Å²) >= 11 is 6.02. The van der Waals surface area contributed by atoms with Gasteiger partial charge in [0, 0.05) is 6.54 Å². The Balaban J connectivity index is 3.06. The zero-order chi connectivity index (χ0) is 9.84. The van der Waals surface area contributed by atoms with Crippen molar-refractivity contribution >= 4 is 11.6 Å². The molecule has 0 saturated carbocycles. The van der Waals surface area contributed by atoms with Crippen LogP contribution >= 0.6 is 11.6 Å². The van der Waals surface area contributed by atoms with Gasteiger partial charge in [0.1, 0.15) is 5.75 Å². The number of rotatable bonds is 3. The van der Waals surface area contributed by atoms with Gasteiger partial charge in [-0.2, -0.15) is 0 Å². The first kappa shape index (κ1) is 10.4. The van der Waals surface area contributed by atoms with Crippen LogP contribution in [0.5, 0.6) is 5.75 Å². The largest absolute Gasteiger partial charge is 0.495 e. The zero-order valence-electron chi connectivity index (χ0n) is 8.15. The van der Waals surface area contributed by atoms with Crippen molar-refractivity contribution in [1.82, 2.24) is 5.32 Å². The Labute approximate surface area is 83.9 Å².